The second-order valence-corrected chi connectivity index (χ2v) is 5.25. The van der Waals surface area contributed by atoms with Crippen LogP contribution in [-0.4, -0.2) is 12.6 Å². The van der Waals surface area contributed by atoms with E-state index in [1.165, 1.54) is 0 Å². The van der Waals surface area contributed by atoms with Crippen molar-refractivity contribution in [2.24, 2.45) is 0 Å². The van der Waals surface area contributed by atoms with Gasteiger partial charge in [0, 0.05) is 6.04 Å². The molecule has 0 spiro atoms. The molecule has 2 rings (SSSR count). The van der Waals surface area contributed by atoms with Gasteiger partial charge in [-0.15, -0.1) is 0 Å². The van der Waals surface area contributed by atoms with Crippen molar-refractivity contribution in [3.05, 3.63) is 30.3 Å². The normalized spacial score (nSPS) is 31.1. The summed E-state index contributed by atoms with van der Waals surface area (Å²) in [6.07, 6.45) is 0.849. The van der Waals surface area contributed by atoms with Crippen LogP contribution in [0.4, 0.5) is 0 Å². The lowest BCUT2D eigenvalue weighted by atomic mass is 10.3. The van der Waals surface area contributed by atoms with Crippen molar-refractivity contribution in [3.8, 4) is 5.75 Å². The van der Waals surface area contributed by atoms with E-state index in [0.717, 1.165) is 6.42 Å². The summed E-state index contributed by atoms with van der Waals surface area (Å²) in [6.45, 7) is 2.43. The summed E-state index contributed by atoms with van der Waals surface area (Å²) in [7, 11) is -3.14. The molecule has 0 bridgehead atoms. The van der Waals surface area contributed by atoms with Crippen LogP contribution in [0.25, 0.3) is 0 Å². The Balaban J connectivity index is 2.07. The van der Waals surface area contributed by atoms with Gasteiger partial charge in [0.05, 0.1) is 6.61 Å². The van der Waals surface area contributed by atoms with Crippen LogP contribution in [0.15, 0.2) is 30.3 Å². The van der Waals surface area contributed by atoms with Crippen molar-refractivity contribution in [3.63, 3.8) is 0 Å². The van der Waals surface area contributed by atoms with Crippen molar-refractivity contribution >= 4 is 7.75 Å². The van der Waals surface area contributed by atoms with E-state index in [0.29, 0.717) is 12.4 Å². The average molecular weight is 227 g/mol. The third-order valence-corrected chi connectivity index (χ3v) is 3.89. The number of hydrogen-bond donors (Lipinski definition) is 1. The number of hydrogen-bond acceptors (Lipinski definition) is 3. The van der Waals surface area contributed by atoms with Crippen LogP contribution in [0.3, 0.4) is 0 Å². The highest BCUT2D eigenvalue weighted by Gasteiger charge is 2.32. The van der Waals surface area contributed by atoms with Gasteiger partial charge in [-0.2, -0.15) is 0 Å². The molecule has 1 heterocycles. The summed E-state index contributed by atoms with van der Waals surface area (Å²) in [5.41, 5.74) is 0. The number of benzene rings is 1. The number of para-hydroxylation sites is 1. The molecule has 0 saturated carbocycles. The molecule has 0 aromatic heterocycles. The highest BCUT2D eigenvalue weighted by molar-refractivity contribution is 7.52. The molecule has 0 radical (unpaired) electrons. The second-order valence-electron chi connectivity index (χ2n) is 3.55. The molecule has 1 saturated heterocycles. The lowest BCUT2D eigenvalue weighted by Crippen LogP contribution is -2.32. The van der Waals surface area contributed by atoms with E-state index in [9.17, 15) is 4.57 Å². The van der Waals surface area contributed by atoms with Crippen LogP contribution < -0.4 is 9.61 Å². The van der Waals surface area contributed by atoms with E-state index in [-0.39, 0.29) is 6.04 Å². The van der Waals surface area contributed by atoms with Crippen molar-refractivity contribution in [1.82, 2.24) is 5.09 Å². The maximum Gasteiger partial charge on any atom is 0.458 e. The second kappa shape index (κ2) is 4.35. The molecule has 1 aliphatic rings. The molecule has 0 aliphatic carbocycles. The smallest absolute Gasteiger partial charge is 0.413 e. The molecule has 0 unspecified atom stereocenters. The average Bonchev–Trinajstić information content (AvgIpc) is 2.18. The molecule has 4 nitrogen and oxygen atoms in total. The molecule has 0 amide bonds. The van der Waals surface area contributed by atoms with Gasteiger partial charge in [0.2, 0.25) is 0 Å². The van der Waals surface area contributed by atoms with Gasteiger partial charge >= 0.3 is 7.75 Å². The van der Waals surface area contributed by atoms with Crippen LogP contribution in [0.2, 0.25) is 0 Å². The fourth-order valence-electron chi connectivity index (χ4n) is 1.39. The maximum atomic E-state index is 12.1. The van der Waals surface area contributed by atoms with Gasteiger partial charge in [0.15, 0.2) is 0 Å². The minimum Gasteiger partial charge on any atom is -0.413 e. The van der Waals surface area contributed by atoms with E-state index in [4.69, 9.17) is 9.05 Å². The predicted octanol–water partition coefficient (Wildman–Crippen LogP) is 2.57. The van der Waals surface area contributed by atoms with Crippen LogP contribution >= 0.6 is 7.75 Å². The Morgan fingerprint density at radius 3 is 2.87 bits per heavy atom. The Bertz CT molecular complexity index is 368. The van der Waals surface area contributed by atoms with E-state index in [1.54, 1.807) is 12.1 Å². The Morgan fingerprint density at radius 1 is 1.47 bits per heavy atom. The van der Waals surface area contributed by atoms with Crippen molar-refractivity contribution in [2.45, 2.75) is 19.4 Å². The zero-order chi connectivity index (χ0) is 10.7. The largest absolute Gasteiger partial charge is 0.458 e. The van der Waals surface area contributed by atoms with Gasteiger partial charge < -0.3 is 4.52 Å². The molecule has 82 valence electrons. The summed E-state index contributed by atoms with van der Waals surface area (Å²) in [6, 6.07) is 9.20. The summed E-state index contributed by atoms with van der Waals surface area (Å²) in [5.74, 6) is 0.558. The zero-order valence-electron chi connectivity index (χ0n) is 8.55. The quantitative estimate of drug-likeness (QED) is 0.789. The van der Waals surface area contributed by atoms with E-state index in [1.807, 2.05) is 25.1 Å². The summed E-state index contributed by atoms with van der Waals surface area (Å²) >= 11 is 0. The molecule has 15 heavy (non-hydrogen) atoms. The Kier molecular flexibility index (Phi) is 3.10. The molecule has 1 N–H and O–H groups in total. The number of nitrogens with one attached hydrogen (secondary N) is 1. The van der Waals surface area contributed by atoms with Gasteiger partial charge in [-0.3, -0.25) is 4.52 Å². The first-order valence-corrected chi connectivity index (χ1v) is 6.49. The minimum atomic E-state index is -3.14. The van der Waals surface area contributed by atoms with Crippen molar-refractivity contribution in [2.75, 3.05) is 6.61 Å². The molecule has 1 aromatic rings. The lowest BCUT2D eigenvalue weighted by molar-refractivity contribution is 0.212. The van der Waals surface area contributed by atoms with Gasteiger partial charge in [0.25, 0.3) is 0 Å². The summed E-state index contributed by atoms with van der Waals surface area (Å²) in [4.78, 5) is 0. The molecule has 2 atom stereocenters. The van der Waals surface area contributed by atoms with Crippen molar-refractivity contribution < 1.29 is 13.6 Å². The van der Waals surface area contributed by atoms with Gasteiger partial charge in [-0.25, -0.2) is 9.65 Å². The first-order chi connectivity index (χ1) is 7.18. The topological polar surface area (TPSA) is 47.6 Å². The molecule has 1 fully saturated rings. The van der Waals surface area contributed by atoms with Gasteiger partial charge in [0.1, 0.15) is 5.75 Å². The monoisotopic (exact) mass is 227 g/mol. The molecule has 5 heteroatoms. The SMILES string of the molecule is C[C@H]1CCO[P@](=O)(Oc2ccccc2)N1. The molecule has 1 aliphatic heterocycles. The third-order valence-electron chi connectivity index (χ3n) is 2.16. The predicted molar refractivity (Wildman–Crippen MR) is 57.8 cm³/mol. The fourth-order valence-corrected chi connectivity index (χ4v) is 2.99. The van der Waals surface area contributed by atoms with E-state index >= 15 is 0 Å². The first kappa shape index (κ1) is 10.7. The minimum absolute atomic E-state index is 0.160. The van der Waals surface area contributed by atoms with Gasteiger partial charge in [-0.1, -0.05) is 18.2 Å². The van der Waals surface area contributed by atoms with E-state index in [2.05, 4.69) is 5.09 Å². The highest BCUT2D eigenvalue weighted by atomic mass is 31.2. The van der Waals surface area contributed by atoms with Crippen LogP contribution in [0, 0.1) is 0 Å². The van der Waals surface area contributed by atoms with Crippen LogP contribution in [-0.2, 0) is 9.09 Å². The lowest BCUT2D eigenvalue weighted by Gasteiger charge is -2.27. The number of rotatable bonds is 2. The zero-order valence-corrected chi connectivity index (χ0v) is 9.44. The Hall–Kier alpha value is -0.830. The summed E-state index contributed by atoms with van der Waals surface area (Å²) in [5, 5.41) is 2.85. The van der Waals surface area contributed by atoms with E-state index < -0.39 is 7.75 Å². The summed E-state index contributed by atoms with van der Waals surface area (Å²) < 4.78 is 22.6. The van der Waals surface area contributed by atoms with Gasteiger partial charge in [-0.05, 0) is 25.5 Å². The Morgan fingerprint density at radius 2 is 2.20 bits per heavy atom. The highest BCUT2D eigenvalue weighted by Crippen LogP contribution is 2.47. The molecular formula is C10H14NO3P. The molecule has 1 aromatic carbocycles. The van der Waals surface area contributed by atoms with Crippen molar-refractivity contribution in [1.29, 1.82) is 0 Å². The van der Waals surface area contributed by atoms with Crippen LogP contribution in [0.5, 0.6) is 5.75 Å². The third kappa shape index (κ3) is 2.81. The maximum absolute atomic E-state index is 12.1. The Labute approximate surface area is 89.2 Å². The first-order valence-electron chi connectivity index (χ1n) is 4.95. The standard InChI is InChI=1S/C10H14NO3P/c1-9-7-8-13-15(12,11-9)14-10-5-3-2-4-6-10/h2-6,9H,7-8H2,1H3,(H,11,12)/t9-,15-/m0/s1. The molecular weight excluding hydrogens is 213 g/mol. The fraction of sp³-hybridized carbons (Fsp3) is 0.400. The van der Waals surface area contributed by atoms with Crippen LogP contribution in [0.1, 0.15) is 13.3 Å².